The van der Waals surface area contributed by atoms with Crippen molar-refractivity contribution in [2.75, 3.05) is 5.73 Å². The van der Waals surface area contributed by atoms with Crippen LogP contribution in [0.25, 0.3) is 5.69 Å². The molecule has 0 aliphatic carbocycles. The average molecular weight is 316 g/mol. The molecule has 0 unspecified atom stereocenters. The Labute approximate surface area is 115 Å². The second-order valence-electron chi connectivity index (χ2n) is 3.11. The van der Waals surface area contributed by atoms with Crippen LogP contribution in [-0.2, 0) is 0 Å². The SMILES string of the molecule is FC(F)F.Nc1ccnn1-c1c(Cl)ccc(F)c1Cl. The monoisotopic (exact) mass is 315 g/mol. The summed E-state index contributed by atoms with van der Waals surface area (Å²) >= 11 is 11.7. The fourth-order valence-corrected chi connectivity index (χ4v) is 1.74. The highest BCUT2D eigenvalue weighted by Gasteiger charge is 2.14. The van der Waals surface area contributed by atoms with Gasteiger partial charge < -0.3 is 5.73 Å². The Balaban J connectivity index is 0.000000399. The normalized spacial score (nSPS) is 10.3. The van der Waals surface area contributed by atoms with Crippen molar-refractivity contribution in [2.24, 2.45) is 0 Å². The quantitative estimate of drug-likeness (QED) is 0.636. The Hall–Kier alpha value is -1.47. The van der Waals surface area contributed by atoms with Crippen molar-refractivity contribution < 1.29 is 17.6 Å². The fourth-order valence-electron chi connectivity index (χ4n) is 1.21. The molecule has 2 aromatic rings. The maximum Gasteiger partial charge on any atom is 0.379 e. The molecule has 0 radical (unpaired) electrons. The van der Waals surface area contributed by atoms with Crippen molar-refractivity contribution in [3.63, 3.8) is 0 Å². The van der Waals surface area contributed by atoms with E-state index in [9.17, 15) is 17.6 Å². The molecule has 0 amide bonds. The Kier molecular flexibility index (Phi) is 5.44. The number of hydrogen-bond acceptors (Lipinski definition) is 2. The summed E-state index contributed by atoms with van der Waals surface area (Å²) in [4.78, 5) is 0. The number of anilines is 1. The van der Waals surface area contributed by atoms with Crippen LogP contribution in [0.15, 0.2) is 24.4 Å². The van der Waals surface area contributed by atoms with Crippen molar-refractivity contribution in [2.45, 2.75) is 6.68 Å². The third-order valence-electron chi connectivity index (χ3n) is 1.90. The predicted molar refractivity (Wildman–Crippen MR) is 65.1 cm³/mol. The minimum absolute atomic E-state index is 0.0992. The van der Waals surface area contributed by atoms with Gasteiger partial charge in [0.2, 0.25) is 0 Å². The molecule has 0 atom stereocenters. The standard InChI is InChI=1S/C9H6Cl2FN3.CHF3/c10-5-1-2-6(12)8(11)9(5)15-7(13)3-4-14-15;2-1(3)4/h1-4H,13H2;1H. The van der Waals surface area contributed by atoms with Crippen molar-refractivity contribution in [1.29, 1.82) is 0 Å². The fraction of sp³-hybridized carbons (Fsp3) is 0.100. The average Bonchev–Trinajstić information content (AvgIpc) is 2.70. The maximum absolute atomic E-state index is 13.2. The zero-order valence-electron chi connectivity index (χ0n) is 9.13. The molecular weight excluding hydrogens is 309 g/mol. The van der Waals surface area contributed by atoms with Crippen LogP contribution in [0.1, 0.15) is 0 Å². The minimum atomic E-state index is -3.67. The minimum Gasteiger partial charge on any atom is -0.384 e. The van der Waals surface area contributed by atoms with Gasteiger partial charge in [0.05, 0.1) is 11.2 Å². The van der Waals surface area contributed by atoms with Crippen molar-refractivity contribution in [3.05, 3.63) is 40.3 Å². The van der Waals surface area contributed by atoms with E-state index in [1.165, 1.54) is 23.0 Å². The summed E-state index contributed by atoms with van der Waals surface area (Å²) < 4.78 is 43.5. The number of benzene rings is 1. The number of alkyl halides is 3. The lowest BCUT2D eigenvalue weighted by molar-refractivity contribution is 0.00819. The lowest BCUT2D eigenvalue weighted by atomic mass is 10.3. The molecule has 0 bridgehead atoms. The summed E-state index contributed by atoms with van der Waals surface area (Å²) in [6, 6.07) is 4.16. The van der Waals surface area contributed by atoms with Crippen LogP contribution in [-0.4, -0.2) is 16.5 Å². The van der Waals surface area contributed by atoms with Crippen LogP contribution >= 0.6 is 23.2 Å². The Bertz CT molecular complexity index is 557. The molecule has 9 heteroatoms. The molecule has 19 heavy (non-hydrogen) atoms. The van der Waals surface area contributed by atoms with Crippen molar-refractivity contribution in [3.8, 4) is 5.69 Å². The third-order valence-corrected chi connectivity index (χ3v) is 2.57. The molecule has 0 spiro atoms. The lowest BCUT2D eigenvalue weighted by Gasteiger charge is -2.08. The van der Waals surface area contributed by atoms with Gasteiger partial charge >= 0.3 is 6.68 Å². The first kappa shape index (κ1) is 15.6. The molecule has 2 rings (SSSR count). The topological polar surface area (TPSA) is 43.8 Å². The number of halogens is 6. The molecule has 0 aliphatic rings. The number of nitrogens with two attached hydrogens (primary N) is 1. The number of rotatable bonds is 1. The van der Waals surface area contributed by atoms with Gasteiger partial charge in [-0.3, -0.25) is 0 Å². The first-order chi connectivity index (χ1) is 8.84. The molecule has 1 aromatic carbocycles. The molecule has 1 heterocycles. The highest BCUT2D eigenvalue weighted by Crippen LogP contribution is 2.31. The summed E-state index contributed by atoms with van der Waals surface area (Å²) in [6.07, 6.45) is 1.48. The van der Waals surface area contributed by atoms with Gasteiger partial charge in [0, 0.05) is 6.07 Å². The molecule has 0 aliphatic heterocycles. The molecule has 2 N–H and O–H groups in total. The van der Waals surface area contributed by atoms with Crippen LogP contribution in [0.2, 0.25) is 10.0 Å². The largest absolute Gasteiger partial charge is 0.384 e. The van der Waals surface area contributed by atoms with E-state index in [1.807, 2.05) is 0 Å². The maximum atomic E-state index is 13.2. The van der Waals surface area contributed by atoms with E-state index in [0.29, 0.717) is 5.82 Å². The van der Waals surface area contributed by atoms with E-state index < -0.39 is 12.5 Å². The molecule has 104 valence electrons. The Morgan fingerprint density at radius 2 is 1.74 bits per heavy atom. The van der Waals surface area contributed by atoms with Gasteiger partial charge in [-0.1, -0.05) is 23.2 Å². The summed E-state index contributed by atoms with van der Waals surface area (Å²) in [6.45, 7) is -3.67. The second-order valence-corrected chi connectivity index (χ2v) is 3.89. The second kappa shape index (κ2) is 6.63. The van der Waals surface area contributed by atoms with Crippen molar-refractivity contribution in [1.82, 2.24) is 9.78 Å². The Morgan fingerprint density at radius 1 is 1.16 bits per heavy atom. The Morgan fingerprint density at radius 3 is 2.21 bits per heavy atom. The van der Waals surface area contributed by atoms with E-state index in [4.69, 9.17) is 28.9 Å². The molecule has 0 saturated carbocycles. The number of aromatic nitrogens is 2. The van der Waals surface area contributed by atoms with E-state index in [-0.39, 0.29) is 15.7 Å². The first-order valence-corrected chi connectivity index (χ1v) is 5.45. The lowest BCUT2D eigenvalue weighted by Crippen LogP contribution is -2.03. The predicted octanol–water partition coefficient (Wildman–Crippen LogP) is 4.08. The zero-order valence-corrected chi connectivity index (χ0v) is 10.6. The first-order valence-electron chi connectivity index (χ1n) is 4.70. The smallest absolute Gasteiger partial charge is 0.379 e. The number of nitrogens with zero attached hydrogens (tertiary/aromatic N) is 2. The highest BCUT2D eigenvalue weighted by atomic mass is 35.5. The summed E-state index contributed by atoms with van der Waals surface area (Å²) in [5, 5.41) is 4.09. The highest BCUT2D eigenvalue weighted by molar-refractivity contribution is 6.37. The van der Waals surface area contributed by atoms with Gasteiger partial charge in [-0.15, -0.1) is 0 Å². The van der Waals surface area contributed by atoms with Gasteiger partial charge in [-0.2, -0.15) is 18.3 Å². The van der Waals surface area contributed by atoms with Gasteiger partial charge in [-0.05, 0) is 12.1 Å². The number of nitrogen functional groups attached to an aromatic ring is 1. The molecule has 0 saturated heterocycles. The van der Waals surface area contributed by atoms with Gasteiger partial charge in [0.1, 0.15) is 22.3 Å². The summed E-state index contributed by atoms with van der Waals surface area (Å²) in [5.74, 6) is -0.227. The van der Waals surface area contributed by atoms with E-state index in [1.54, 1.807) is 6.07 Å². The summed E-state index contributed by atoms with van der Waals surface area (Å²) in [7, 11) is 0. The third kappa shape index (κ3) is 4.00. The van der Waals surface area contributed by atoms with Crippen LogP contribution < -0.4 is 5.73 Å². The van der Waals surface area contributed by atoms with Crippen LogP contribution in [0.5, 0.6) is 0 Å². The summed E-state index contributed by atoms with van der Waals surface area (Å²) in [5.41, 5.74) is 5.87. The number of hydrogen-bond donors (Lipinski definition) is 1. The van der Waals surface area contributed by atoms with E-state index >= 15 is 0 Å². The zero-order chi connectivity index (χ0) is 14.6. The van der Waals surface area contributed by atoms with E-state index in [0.717, 1.165) is 0 Å². The van der Waals surface area contributed by atoms with Crippen LogP contribution in [0, 0.1) is 5.82 Å². The molecular formula is C10H7Cl2F4N3. The van der Waals surface area contributed by atoms with Crippen molar-refractivity contribution >= 4 is 29.0 Å². The van der Waals surface area contributed by atoms with E-state index in [2.05, 4.69) is 5.10 Å². The van der Waals surface area contributed by atoms with Crippen LogP contribution in [0.3, 0.4) is 0 Å². The van der Waals surface area contributed by atoms with Gasteiger partial charge in [0.25, 0.3) is 0 Å². The molecule has 3 nitrogen and oxygen atoms in total. The molecule has 1 aromatic heterocycles. The molecule has 0 fully saturated rings. The van der Waals surface area contributed by atoms with Gasteiger partial charge in [-0.25, -0.2) is 9.07 Å². The van der Waals surface area contributed by atoms with Gasteiger partial charge in [0.15, 0.2) is 0 Å². The van der Waals surface area contributed by atoms with Crippen LogP contribution in [0.4, 0.5) is 23.4 Å².